The van der Waals surface area contributed by atoms with Crippen LogP contribution in [0.25, 0.3) is 0 Å². The van der Waals surface area contributed by atoms with Crippen molar-refractivity contribution in [3.8, 4) is 0 Å². The second kappa shape index (κ2) is 4.77. The Morgan fingerprint density at radius 1 is 1.37 bits per heavy atom. The van der Waals surface area contributed by atoms with Crippen LogP contribution in [-0.2, 0) is 4.79 Å². The fourth-order valence-electron chi connectivity index (χ4n) is 2.89. The van der Waals surface area contributed by atoms with Gasteiger partial charge in [0.05, 0.1) is 0 Å². The molecule has 0 aliphatic carbocycles. The van der Waals surface area contributed by atoms with Gasteiger partial charge in [-0.05, 0) is 12.8 Å². The topological polar surface area (TPSA) is 70.2 Å². The van der Waals surface area contributed by atoms with E-state index in [4.69, 9.17) is 0 Å². The molecule has 1 aromatic heterocycles. The number of hydrogen-bond donors (Lipinski definition) is 2. The Morgan fingerprint density at radius 3 is 3.00 bits per heavy atom. The molecule has 0 saturated carbocycles. The first kappa shape index (κ1) is 12.3. The van der Waals surface area contributed by atoms with E-state index < -0.39 is 0 Å². The molecule has 0 spiro atoms. The van der Waals surface area contributed by atoms with E-state index in [1.54, 1.807) is 6.33 Å². The molecule has 0 unspecified atom stereocenters. The molecule has 102 valence electrons. The van der Waals surface area contributed by atoms with Crippen molar-refractivity contribution in [3.05, 3.63) is 11.9 Å². The van der Waals surface area contributed by atoms with Gasteiger partial charge in [0.25, 0.3) is 0 Å². The molecule has 1 fully saturated rings. The van der Waals surface area contributed by atoms with Gasteiger partial charge in [-0.2, -0.15) is 0 Å². The van der Waals surface area contributed by atoms with Crippen LogP contribution in [-0.4, -0.2) is 41.6 Å². The average molecular weight is 261 g/mol. The number of hydrogen-bond acceptors (Lipinski definition) is 5. The van der Waals surface area contributed by atoms with Gasteiger partial charge in [-0.1, -0.05) is 6.92 Å². The minimum absolute atomic E-state index is 0.0398. The zero-order chi connectivity index (χ0) is 13.4. The molecule has 6 nitrogen and oxygen atoms in total. The van der Waals surface area contributed by atoms with Gasteiger partial charge in [0, 0.05) is 37.7 Å². The molecule has 6 heteroatoms. The predicted octanol–water partition coefficient (Wildman–Crippen LogP) is 0.720. The third-order valence-electron chi connectivity index (χ3n) is 3.88. The van der Waals surface area contributed by atoms with Gasteiger partial charge < -0.3 is 15.5 Å². The summed E-state index contributed by atoms with van der Waals surface area (Å²) in [4.78, 5) is 22.6. The number of carbonyl (C=O) groups is 1. The summed E-state index contributed by atoms with van der Waals surface area (Å²) in [7, 11) is 0. The van der Waals surface area contributed by atoms with E-state index in [2.05, 4.69) is 39.3 Å². The van der Waals surface area contributed by atoms with Crippen LogP contribution in [0.1, 0.15) is 31.7 Å². The minimum atomic E-state index is 0.0398. The summed E-state index contributed by atoms with van der Waals surface area (Å²) in [6.45, 7) is 7.11. The molecule has 0 aromatic carbocycles. The van der Waals surface area contributed by atoms with Crippen LogP contribution in [0.3, 0.4) is 0 Å². The number of piperazine rings is 1. The van der Waals surface area contributed by atoms with Gasteiger partial charge in [0.2, 0.25) is 5.91 Å². The van der Waals surface area contributed by atoms with Crippen LogP contribution >= 0.6 is 0 Å². The van der Waals surface area contributed by atoms with Gasteiger partial charge in [-0.15, -0.1) is 0 Å². The molecule has 1 amide bonds. The third-order valence-corrected chi connectivity index (χ3v) is 3.88. The lowest BCUT2D eigenvalue weighted by Crippen LogP contribution is -2.50. The lowest BCUT2D eigenvalue weighted by molar-refractivity contribution is -0.116. The molecule has 1 aromatic rings. The van der Waals surface area contributed by atoms with Crippen molar-refractivity contribution in [2.45, 2.75) is 32.2 Å². The van der Waals surface area contributed by atoms with E-state index in [9.17, 15) is 4.79 Å². The van der Waals surface area contributed by atoms with Crippen LogP contribution in [0.15, 0.2) is 6.33 Å². The molecular weight excluding hydrogens is 242 g/mol. The third kappa shape index (κ3) is 2.16. The standard InChI is InChI=1S/C13H19N5O/c1-8-5-10(19)17-12-11(8)13(16-7-15-12)18-4-3-14-6-9(18)2/h7-9,14H,3-6H2,1-2H3,(H,15,16,17,19)/t8-,9-/m1/s1. The summed E-state index contributed by atoms with van der Waals surface area (Å²) in [6, 6.07) is 0.401. The number of amides is 1. The number of anilines is 2. The maximum absolute atomic E-state index is 11.6. The first-order valence-corrected chi connectivity index (χ1v) is 6.79. The number of rotatable bonds is 1. The van der Waals surface area contributed by atoms with Crippen molar-refractivity contribution in [2.24, 2.45) is 0 Å². The van der Waals surface area contributed by atoms with Crippen LogP contribution in [0.4, 0.5) is 11.6 Å². The van der Waals surface area contributed by atoms with E-state index in [0.717, 1.165) is 31.0 Å². The summed E-state index contributed by atoms with van der Waals surface area (Å²) < 4.78 is 0. The smallest absolute Gasteiger partial charge is 0.226 e. The molecular formula is C13H19N5O. The zero-order valence-corrected chi connectivity index (χ0v) is 11.3. The van der Waals surface area contributed by atoms with Crippen LogP contribution < -0.4 is 15.5 Å². The van der Waals surface area contributed by atoms with Crippen LogP contribution in [0.2, 0.25) is 0 Å². The average Bonchev–Trinajstić information content (AvgIpc) is 2.38. The fourth-order valence-corrected chi connectivity index (χ4v) is 2.89. The minimum Gasteiger partial charge on any atom is -0.351 e. The molecule has 2 aliphatic rings. The van der Waals surface area contributed by atoms with Crippen molar-refractivity contribution in [1.82, 2.24) is 15.3 Å². The van der Waals surface area contributed by atoms with Crippen molar-refractivity contribution in [1.29, 1.82) is 0 Å². The van der Waals surface area contributed by atoms with E-state index in [1.807, 2.05) is 0 Å². The quantitative estimate of drug-likeness (QED) is 0.779. The second-order valence-corrected chi connectivity index (χ2v) is 5.36. The zero-order valence-electron chi connectivity index (χ0n) is 11.3. The lowest BCUT2D eigenvalue weighted by atomic mass is 9.94. The molecule has 2 N–H and O–H groups in total. The van der Waals surface area contributed by atoms with Gasteiger partial charge in [-0.3, -0.25) is 4.79 Å². The number of carbonyl (C=O) groups excluding carboxylic acids is 1. The van der Waals surface area contributed by atoms with Gasteiger partial charge in [0.15, 0.2) is 0 Å². The molecule has 1 saturated heterocycles. The number of aromatic nitrogens is 2. The molecule has 3 heterocycles. The maximum atomic E-state index is 11.6. The molecule has 2 atom stereocenters. The number of nitrogens with one attached hydrogen (secondary N) is 2. The molecule has 2 aliphatic heterocycles. The highest BCUT2D eigenvalue weighted by molar-refractivity contribution is 5.94. The Morgan fingerprint density at radius 2 is 2.21 bits per heavy atom. The summed E-state index contributed by atoms with van der Waals surface area (Å²) in [5.74, 6) is 1.87. The van der Waals surface area contributed by atoms with Gasteiger partial charge in [0.1, 0.15) is 18.0 Å². The van der Waals surface area contributed by atoms with Crippen LogP contribution in [0, 0.1) is 0 Å². The highest BCUT2D eigenvalue weighted by atomic mass is 16.1. The van der Waals surface area contributed by atoms with E-state index in [0.29, 0.717) is 18.3 Å². The number of fused-ring (bicyclic) bond motifs is 1. The largest absolute Gasteiger partial charge is 0.351 e. The molecule has 3 rings (SSSR count). The highest BCUT2D eigenvalue weighted by Gasteiger charge is 2.30. The van der Waals surface area contributed by atoms with Crippen molar-refractivity contribution < 1.29 is 4.79 Å². The van der Waals surface area contributed by atoms with Crippen molar-refractivity contribution in [2.75, 3.05) is 29.9 Å². The highest BCUT2D eigenvalue weighted by Crippen LogP contribution is 2.36. The summed E-state index contributed by atoms with van der Waals surface area (Å²) in [5.41, 5.74) is 1.08. The SMILES string of the molecule is C[C@@H]1CC(=O)Nc2ncnc(N3CCNC[C@H]3C)c21. The van der Waals surface area contributed by atoms with Crippen molar-refractivity contribution in [3.63, 3.8) is 0 Å². The Bertz CT molecular complexity index is 504. The van der Waals surface area contributed by atoms with Gasteiger partial charge >= 0.3 is 0 Å². The maximum Gasteiger partial charge on any atom is 0.226 e. The predicted molar refractivity (Wildman–Crippen MR) is 73.4 cm³/mol. The first-order chi connectivity index (χ1) is 9.16. The Kier molecular flexibility index (Phi) is 3.10. The van der Waals surface area contributed by atoms with E-state index in [1.165, 1.54) is 0 Å². The Hall–Kier alpha value is -1.69. The Balaban J connectivity index is 2.02. The van der Waals surface area contributed by atoms with E-state index in [-0.39, 0.29) is 11.8 Å². The molecule has 0 bridgehead atoms. The Labute approximate surface area is 112 Å². The van der Waals surface area contributed by atoms with Crippen molar-refractivity contribution >= 4 is 17.5 Å². The van der Waals surface area contributed by atoms with E-state index >= 15 is 0 Å². The first-order valence-electron chi connectivity index (χ1n) is 6.79. The summed E-state index contributed by atoms with van der Waals surface area (Å²) >= 11 is 0. The normalized spacial score (nSPS) is 26.8. The summed E-state index contributed by atoms with van der Waals surface area (Å²) in [6.07, 6.45) is 2.05. The monoisotopic (exact) mass is 261 g/mol. The van der Waals surface area contributed by atoms with Crippen LogP contribution in [0.5, 0.6) is 0 Å². The molecule has 0 radical (unpaired) electrons. The van der Waals surface area contributed by atoms with Gasteiger partial charge in [-0.25, -0.2) is 9.97 Å². The number of nitrogens with zero attached hydrogens (tertiary/aromatic N) is 3. The lowest BCUT2D eigenvalue weighted by Gasteiger charge is -2.37. The molecule has 19 heavy (non-hydrogen) atoms. The summed E-state index contributed by atoms with van der Waals surface area (Å²) in [5, 5.41) is 6.23. The fraction of sp³-hybridized carbons (Fsp3) is 0.615. The second-order valence-electron chi connectivity index (χ2n) is 5.36.